The highest BCUT2D eigenvalue weighted by Gasteiger charge is 2.12. The predicted octanol–water partition coefficient (Wildman–Crippen LogP) is 5.39. The van der Waals surface area contributed by atoms with Crippen molar-refractivity contribution in [3.05, 3.63) is 54.6 Å². The van der Waals surface area contributed by atoms with E-state index in [1.165, 1.54) is 20.2 Å². The van der Waals surface area contributed by atoms with E-state index in [0.717, 1.165) is 16.5 Å². The van der Waals surface area contributed by atoms with Crippen molar-refractivity contribution in [2.75, 3.05) is 11.2 Å². The van der Waals surface area contributed by atoms with E-state index in [9.17, 15) is 4.79 Å². The molecule has 1 heterocycles. The van der Waals surface area contributed by atoms with E-state index in [1.807, 2.05) is 24.3 Å². The molecular formula is C18H12ClNOS. The quantitative estimate of drug-likeness (QED) is 0.492. The lowest BCUT2D eigenvalue weighted by molar-refractivity contribution is -0.113. The fraction of sp³-hybridized carbons (Fsp3) is 0.0556. The van der Waals surface area contributed by atoms with Crippen LogP contribution < -0.4 is 5.32 Å². The molecular weight excluding hydrogens is 314 g/mol. The first-order chi connectivity index (χ1) is 10.8. The van der Waals surface area contributed by atoms with Crippen molar-refractivity contribution < 1.29 is 4.79 Å². The van der Waals surface area contributed by atoms with Crippen molar-refractivity contribution in [3.8, 4) is 0 Å². The van der Waals surface area contributed by atoms with E-state index in [1.54, 1.807) is 11.3 Å². The molecule has 1 N–H and O–H groups in total. The number of anilines is 1. The third kappa shape index (κ3) is 2.05. The average Bonchev–Trinajstić information content (AvgIpc) is 2.94. The van der Waals surface area contributed by atoms with E-state index in [2.05, 4.69) is 35.6 Å². The van der Waals surface area contributed by atoms with Gasteiger partial charge in [0.25, 0.3) is 0 Å². The Kier molecular flexibility index (Phi) is 3.25. The van der Waals surface area contributed by atoms with Crippen molar-refractivity contribution in [3.63, 3.8) is 0 Å². The zero-order valence-electron chi connectivity index (χ0n) is 11.6. The van der Waals surface area contributed by atoms with Crippen molar-refractivity contribution >= 4 is 65.5 Å². The Morgan fingerprint density at radius 2 is 1.64 bits per heavy atom. The van der Waals surface area contributed by atoms with Gasteiger partial charge in [0.2, 0.25) is 5.91 Å². The molecule has 0 bridgehead atoms. The molecule has 0 spiro atoms. The van der Waals surface area contributed by atoms with Gasteiger partial charge in [0, 0.05) is 36.6 Å². The molecule has 0 aliphatic heterocycles. The number of benzene rings is 3. The number of carbonyl (C=O) groups is 1. The van der Waals surface area contributed by atoms with Crippen LogP contribution in [0, 0.1) is 0 Å². The predicted molar refractivity (Wildman–Crippen MR) is 96.2 cm³/mol. The fourth-order valence-corrected chi connectivity index (χ4v) is 4.12. The van der Waals surface area contributed by atoms with Crippen LogP contribution in [0.3, 0.4) is 0 Å². The summed E-state index contributed by atoms with van der Waals surface area (Å²) >= 11 is 7.42. The second-order valence-electron chi connectivity index (χ2n) is 5.13. The van der Waals surface area contributed by atoms with Crippen LogP contribution in [0.4, 0.5) is 5.69 Å². The third-order valence-corrected chi connectivity index (χ3v) is 5.24. The maximum absolute atomic E-state index is 11.7. The fourth-order valence-electron chi connectivity index (χ4n) is 2.83. The average molecular weight is 326 g/mol. The van der Waals surface area contributed by atoms with Crippen molar-refractivity contribution in [1.29, 1.82) is 0 Å². The Bertz CT molecular complexity index is 1020. The Balaban J connectivity index is 2.13. The Labute approximate surface area is 136 Å². The lowest BCUT2D eigenvalue weighted by atomic mass is 10.0. The molecule has 2 nitrogen and oxygen atoms in total. The van der Waals surface area contributed by atoms with Gasteiger partial charge in [0.05, 0.1) is 0 Å². The molecule has 22 heavy (non-hydrogen) atoms. The molecule has 0 saturated heterocycles. The number of amides is 1. The molecule has 4 heteroatoms. The van der Waals surface area contributed by atoms with Crippen LogP contribution in [0.5, 0.6) is 0 Å². The molecule has 0 unspecified atom stereocenters. The maximum atomic E-state index is 11.7. The van der Waals surface area contributed by atoms with Crippen molar-refractivity contribution in [1.82, 2.24) is 0 Å². The van der Waals surface area contributed by atoms with Gasteiger partial charge in [-0.3, -0.25) is 4.79 Å². The number of fused-ring (bicyclic) bond motifs is 5. The Morgan fingerprint density at radius 1 is 0.955 bits per heavy atom. The topological polar surface area (TPSA) is 29.1 Å². The number of alkyl halides is 1. The number of hydrogen-bond acceptors (Lipinski definition) is 2. The SMILES string of the molecule is O=C(CCl)Nc1cc2c3ccccc3sc2c2ccccc12. The van der Waals surface area contributed by atoms with Gasteiger partial charge in [0.15, 0.2) is 0 Å². The van der Waals surface area contributed by atoms with Crippen LogP contribution in [0.15, 0.2) is 54.6 Å². The van der Waals surface area contributed by atoms with E-state index in [0.29, 0.717) is 0 Å². The van der Waals surface area contributed by atoms with E-state index >= 15 is 0 Å². The number of hydrogen-bond donors (Lipinski definition) is 1. The lowest BCUT2D eigenvalue weighted by Gasteiger charge is -2.09. The molecule has 0 fully saturated rings. The van der Waals surface area contributed by atoms with Crippen LogP contribution in [-0.4, -0.2) is 11.8 Å². The molecule has 0 saturated carbocycles. The number of thiophene rings is 1. The molecule has 1 amide bonds. The summed E-state index contributed by atoms with van der Waals surface area (Å²) in [6.45, 7) is 0. The third-order valence-electron chi connectivity index (χ3n) is 3.78. The first-order valence-electron chi connectivity index (χ1n) is 6.97. The molecule has 108 valence electrons. The van der Waals surface area contributed by atoms with Gasteiger partial charge in [-0.25, -0.2) is 0 Å². The maximum Gasteiger partial charge on any atom is 0.239 e. The summed E-state index contributed by atoms with van der Waals surface area (Å²) in [7, 11) is 0. The van der Waals surface area contributed by atoms with E-state index in [4.69, 9.17) is 11.6 Å². The highest BCUT2D eigenvalue weighted by Crippen LogP contribution is 2.41. The summed E-state index contributed by atoms with van der Waals surface area (Å²) in [5.74, 6) is -0.234. The second kappa shape index (κ2) is 5.27. The molecule has 4 aromatic rings. The molecule has 1 aromatic heterocycles. The number of nitrogens with one attached hydrogen (secondary N) is 1. The van der Waals surface area contributed by atoms with Gasteiger partial charge < -0.3 is 5.32 Å². The van der Waals surface area contributed by atoms with Crippen LogP contribution >= 0.6 is 22.9 Å². The minimum atomic E-state index is -0.189. The van der Waals surface area contributed by atoms with E-state index < -0.39 is 0 Å². The van der Waals surface area contributed by atoms with Gasteiger partial charge in [-0.15, -0.1) is 22.9 Å². The van der Waals surface area contributed by atoms with Crippen LogP contribution in [0.25, 0.3) is 30.9 Å². The summed E-state index contributed by atoms with van der Waals surface area (Å²) < 4.78 is 2.50. The van der Waals surface area contributed by atoms with E-state index in [-0.39, 0.29) is 11.8 Å². The van der Waals surface area contributed by atoms with Crippen molar-refractivity contribution in [2.45, 2.75) is 0 Å². The molecule has 0 aliphatic rings. The van der Waals surface area contributed by atoms with Gasteiger partial charge >= 0.3 is 0 Å². The van der Waals surface area contributed by atoms with Crippen LogP contribution in [0.2, 0.25) is 0 Å². The Hall–Kier alpha value is -2.10. The van der Waals surface area contributed by atoms with Gasteiger partial charge in [-0.1, -0.05) is 42.5 Å². The second-order valence-corrected chi connectivity index (χ2v) is 6.45. The summed E-state index contributed by atoms with van der Waals surface area (Å²) in [5.41, 5.74) is 0.817. The minimum Gasteiger partial charge on any atom is -0.324 e. The van der Waals surface area contributed by atoms with Crippen LogP contribution in [0.1, 0.15) is 0 Å². The van der Waals surface area contributed by atoms with Gasteiger partial charge in [-0.05, 0) is 12.1 Å². The zero-order chi connectivity index (χ0) is 15.1. The van der Waals surface area contributed by atoms with Gasteiger partial charge in [0.1, 0.15) is 5.88 Å². The molecule has 0 atom stereocenters. The molecule has 0 radical (unpaired) electrons. The van der Waals surface area contributed by atoms with Crippen LogP contribution in [-0.2, 0) is 4.79 Å². The first-order valence-corrected chi connectivity index (χ1v) is 8.32. The summed E-state index contributed by atoms with van der Waals surface area (Å²) in [5, 5.41) is 7.50. The Morgan fingerprint density at radius 3 is 2.41 bits per heavy atom. The smallest absolute Gasteiger partial charge is 0.239 e. The molecule has 0 aliphatic carbocycles. The first kappa shape index (κ1) is 13.6. The highest BCUT2D eigenvalue weighted by atomic mass is 35.5. The lowest BCUT2D eigenvalue weighted by Crippen LogP contribution is -2.12. The number of rotatable bonds is 2. The summed E-state index contributed by atoms with van der Waals surface area (Å²) in [4.78, 5) is 11.7. The largest absolute Gasteiger partial charge is 0.324 e. The standard InChI is InChI=1S/C18H12ClNOS/c19-10-17(21)20-15-9-14-12-6-3-4-8-16(12)22-18(14)13-7-2-1-5-11(13)15/h1-9H,10H2,(H,20,21). The zero-order valence-corrected chi connectivity index (χ0v) is 13.2. The summed E-state index contributed by atoms with van der Waals surface area (Å²) in [6.07, 6.45) is 0. The number of carbonyl (C=O) groups excluding carboxylic acids is 1. The molecule has 4 rings (SSSR count). The normalized spacial score (nSPS) is 11.3. The summed E-state index contributed by atoms with van der Waals surface area (Å²) in [6, 6.07) is 18.5. The number of halogens is 1. The van der Waals surface area contributed by atoms with Crippen molar-refractivity contribution in [2.24, 2.45) is 0 Å². The van der Waals surface area contributed by atoms with Gasteiger partial charge in [-0.2, -0.15) is 0 Å². The highest BCUT2D eigenvalue weighted by molar-refractivity contribution is 7.26. The monoisotopic (exact) mass is 325 g/mol. The molecule has 3 aromatic carbocycles. The minimum absolute atomic E-state index is 0.0449.